The van der Waals surface area contributed by atoms with E-state index in [1.165, 1.54) is 5.56 Å². The van der Waals surface area contributed by atoms with E-state index < -0.39 is 8.32 Å². The van der Waals surface area contributed by atoms with Crippen molar-refractivity contribution >= 4 is 25.2 Å². The molecule has 5 aromatic rings. The fourth-order valence-corrected chi connectivity index (χ4v) is 7.38. The summed E-state index contributed by atoms with van der Waals surface area (Å²) >= 11 is 0. The number of nitrogen functional groups attached to an aromatic ring is 1. The molecule has 6 rings (SSSR count). The average Bonchev–Trinajstić information content (AvgIpc) is 3.30. The molecule has 2 N–H and O–H groups in total. The van der Waals surface area contributed by atoms with Gasteiger partial charge in [0.2, 0.25) is 0 Å². The van der Waals surface area contributed by atoms with Gasteiger partial charge in [-0.3, -0.25) is 14.0 Å². The summed E-state index contributed by atoms with van der Waals surface area (Å²) < 4.78 is 16.6. The Morgan fingerprint density at radius 1 is 0.889 bits per heavy atom. The second-order valence-electron chi connectivity index (χ2n) is 13.5. The number of hydrogen-bond acceptors (Lipinski definition) is 6. The molecule has 3 heterocycles. The van der Waals surface area contributed by atoms with Crippen LogP contribution in [0.3, 0.4) is 0 Å². The Labute approximate surface area is 266 Å². The van der Waals surface area contributed by atoms with Crippen LogP contribution in [0.5, 0.6) is 11.5 Å². The van der Waals surface area contributed by atoms with Gasteiger partial charge in [-0.05, 0) is 72.6 Å². The molecule has 234 valence electrons. The van der Waals surface area contributed by atoms with Crippen LogP contribution in [0.15, 0.2) is 102 Å². The molecule has 0 amide bonds. The first-order valence-corrected chi connectivity index (χ1v) is 18.6. The zero-order chi connectivity index (χ0) is 31.8. The molecule has 1 aliphatic heterocycles. The molecule has 8 nitrogen and oxygen atoms in total. The topological polar surface area (TPSA) is 87.5 Å². The summed E-state index contributed by atoms with van der Waals surface area (Å²) in [6, 6.07) is 29.4. The van der Waals surface area contributed by atoms with Gasteiger partial charge in [-0.1, -0.05) is 69.3 Å². The van der Waals surface area contributed by atoms with Crippen molar-refractivity contribution in [3.05, 3.63) is 113 Å². The van der Waals surface area contributed by atoms with Gasteiger partial charge in [0, 0.05) is 25.8 Å². The Hall–Kier alpha value is -4.18. The van der Waals surface area contributed by atoms with E-state index in [2.05, 4.69) is 68.0 Å². The van der Waals surface area contributed by atoms with E-state index in [1.807, 2.05) is 71.3 Å². The van der Waals surface area contributed by atoms with Gasteiger partial charge >= 0.3 is 5.69 Å². The molecular weight excluding hydrogens is 579 g/mol. The number of anilines is 1. The smallest absolute Gasteiger partial charge is 0.334 e. The predicted molar refractivity (Wildman–Crippen MR) is 184 cm³/mol. The Bertz CT molecular complexity index is 1810. The standard InChI is InChI=1S/C36H43N5O3Si/c1-36(2,3)45(4,5)44-31-22-28(24-39(25-31)23-26-12-8-6-9-13-26)40-32-20-21-38-34(37)33(32)41(35(40)42)27-16-18-30(19-17-27)43-29-14-10-7-11-15-29/h6-21,28,31H,22-25H2,1-5H3,(H2,37,38)/t28-,31+/m0/s1. The number of piperidine rings is 1. The van der Waals surface area contributed by atoms with Crippen molar-refractivity contribution in [2.24, 2.45) is 0 Å². The van der Waals surface area contributed by atoms with Gasteiger partial charge in [0.25, 0.3) is 0 Å². The van der Waals surface area contributed by atoms with Crippen LogP contribution in [-0.2, 0) is 11.0 Å². The third kappa shape index (κ3) is 6.47. The number of benzene rings is 3. The molecule has 9 heteroatoms. The van der Waals surface area contributed by atoms with E-state index >= 15 is 0 Å². The molecule has 1 fully saturated rings. The van der Waals surface area contributed by atoms with Crippen LogP contribution in [0, 0.1) is 0 Å². The first-order chi connectivity index (χ1) is 21.5. The third-order valence-corrected chi connectivity index (χ3v) is 13.8. The maximum atomic E-state index is 14.5. The minimum absolute atomic E-state index is 0.00717. The molecule has 0 radical (unpaired) electrons. The van der Waals surface area contributed by atoms with Crippen LogP contribution >= 0.6 is 0 Å². The van der Waals surface area contributed by atoms with Crippen LogP contribution < -0.4 is 16.2 Å². The Balaban J connectivity index is 1.39. The Morgan fingerprint density at radius 2 is 1.53 bits per heavy atom. The number of nitrogens with zero attached hydrogens (tertiary/aromatic N) is 4. The molecule has 0 bridgehead atoms. The number of imidazole rings is 1. The number of rotatable bonds is 8. The molecular formula is C36H43N5O3Si. The molecule has 1 saturated heterocycles. The summed E-state index contributed by atoms with van der Waals surface area (Å²) in [6.45, 7) is 13.7. The number of fused-ring (bicyclic) bond motifs is 1. The fourth-order valence-electron chi connectivity index (χ4n) is 6.02. The van der Waals surface area contributed by atoms with Gasteiger partial charge in [0.15, 0.2) is 8.32 Å². The van der Waals surface area contributed by atoms with Gasteiger partial charge < -0.3 is 14.9 Å². The van der Waals surface area contributed by atoms with Crippen LogP contribution in [0.25, 0.3) is 16.7 Å². The largest absolute Gasteiger partial charge is 0.457 e. The Kier molecular flexibility index (Phi) is 8.43. The van der Waals surface area contributed by atoms with Gasteiger partial charge in [-0.2, -0.15) is 0 Å². The van der Waals surface area contributed by atoms with E-state index in [9.17, 15) is 4.79 Å². The number of hydrogen-bond donors (Lipinski definition) is 1. The number of aromatic nitrogens is 3. The van der Waals surface area contributed by atoms with Crippen molar-refractivity contribution in [2.45, 2.75) is 64.0 Å². The van der Waals surface area contributed by atoms with Crippen LogP contribution in [0.2, 0.25) is 18.1 Å². The zero-order valence-electron chi connectivity index (χ0n) is 26.8. The first kappa shape index (κ1) is 30.8. The summed E-state index contributed by atoms with van der Waals surface area (Å²) in [7, 11) is -2.06. The molecule has 2 aromatic heterocycles. The van der Waals surface area contributed by atoms with Gasteiger partial charge in [0.05, 0.1) is 23.3 Å². The van der Waals surface area contributed by atoms with Gasteiger partial charge in [0.1, 0.15) is 22.8 Å². The van der Waals surface area contributed by atoms with Gasteiger partial charge in [-0.25, -0.2) is 9.78 Å². The summed E-state index contributed by atoms with van der Waals surface area (Å²) in [5.74, 6) is 1.75. The third-order valence-electron chi connectivity index (χ3n) is 9.23. The summed E-state index contributed by atoms with van der Waals surface area (Å²) in [5, 5.41) is 0.0770. The molecule has 1 aliphatic rings. The zero-order valence-corrected chi connectivity index (χ0v) is 27.8. The molecule has 2 atom stereocenters. The van der Waals surface area contributed by atoms with Crippen molar-refractivity contribution in [2.75, 3.05) is 18.8 Å². The maximum absolute atomic E-state index is 14.5. The lowest BCUT2D eigenvalue weighted by Crippen LogP contribution is -2.52. The van der Waals surface area contributed by atoms with E-state index in [0.717, 1.165) is 37.3 Å². The molecule has 45 heavy (non-hydrogen) atoms. The summed E-state index contributed by atoms with van der Waals surface area (Å²) in [6.07, 6.45) is 2.42. The fraction of sp³-hybridized carbons (Fsp3) is 0.333. The summed E-state index contributed by atoms with van der Waals surface area (Å²) in [5.41, 5.74) is 9.68. The van der Waals surface area contributed by atoms with E-state index in [-0.39, 0.29) is 22.9 Å². The minimum atomic E-state index is -2.06. The highest BCUT2D eigenvalue weighted by Crippen LogP contribution is 2.39. The van der Waals surface area contributed by atoms with Crippen LogP contribution in [0.1, 0.15) is 38.8 Å². The molecule has 0 spiro atoms. The molecule has 3 aromatic carbocycles. The van der Waals surface area contributed by atoms with Crippen molar-refractivity contribution < 1.29 is 9.16 Å². The monoisotopic (exact) mass is 621 g/mol. The average molecular weight is 622 g/mol. The van der Waals surface area contributed by atoms with Gasteiger partial charge in [-0.15, -0.1) is 0 Å². The van der Waals surface area contributed by atoms with Crippen molar-refractivity contribution in [1.82, 2.24) is 19.0 Å². The number of ether oxygens (including phenoxy) is 1. The van der Waals surface area contributed by atoms with E-state index in [4.69, 9.17) is 14.9 Å². The quantitative estimate of drug-likeness (QED) is 0.182. The summed E-state index contributed by atoms with van der Waals surface area (Å²) in [4.78, 5) is 21.3. The van der Waals surface area contributed by atoms with E-state index in [1.54, 1.807) is 10.8 Å². The van der Waals surface area contributed by atoms with E-state index in [0.29, 0.717) is 22.8 Å². The second kappa shape index (κ2) is 12.3. The molecule has 0 unspecified atom stereocenters. The van der Waals surface area contributed by atoms with Crippen molar-refractivity contribution in [1.29, 1.82) is 0 Å². The maximum Gasteiger partial charge on any atom is 0.334 e. The Morgan fingerprint density at radius 3 is 2.20 bits per heavy atom. The highest BCUT2D eigenvalue weighted by atomic mass is 28.4. The highest BCUT2D eigenvalue weighted by molar-refractivity contribution is 6.74. The normalized spacial score (nSPS) is 17.9. The van der Waals surface area contributed by atoms with Crippen LogP contribution in [-0.4, -0.2) is 46.5 Å². The van der Waals surface area contributed by atoms with Crippen molar-refractivity contribution in [3.8, 4) is 17.2 Å². The number of para-hydroxylation sites is 1. The lowest BCUT2D eigenvalue weighted by atomic mass is 10.0. The second-order valence-corrected chi connectivity index (χ2v) is 18.3. The van der Waals surface area contributed by atoms with Crippen molar-refractivity contribution in [3.63, 3.8) is 0 Å². The SMILES string of the molecule is CC(C)(C)[Si](C)(C)O[C@@H]1C[C@H](n2c(=O)n(-c3ccc(Oc4ccccc4)cc3)c3c(N)nccc32)CN(Cc2ccccc2)C1. The lowest BCUT2D eigenvalue weighted by molar-refractivity contribution is 0.0464. The highest BCUT2D eigenvalue weighted by Gasteiger charge is 2.42. The number of pyridine rings is 1. The lowest BCUT2D eigenvalue weighted by Gasteiger charge is -2.44. The number of nitrogens with two attached hydrogens (primary N) is 1. The first-order valence-electron chi connectivity index (χ1n) is 15.6. The number of likely N-dealkylation sites (tertiary alicyclic amines) is 1. The molecule has 0 aliphatic carbocycles. The molecule has 0 saturated carbocycles. The van der Waals surface area contributed by atoms with Crippen LogP contribution in [0.4, 0.5) is 5.82 Å². The predicted octanol–water partition coefficient (Wildman–Crippen LogP) is 7.40. The minimum Gasteiger partial charge on any atom is -0.457 e.